The van der Waals surface area contributed by atoms with Crippen LogP contribution in [0.3, 0.4) is 0 Å². The molecule has 0 aliphatic carbocycles. The van der Waals surface area contributed by atoms with Gasteiger partial charge in [-0.2, -0.15) is 4.98 Å². The van der Waals surface area contributed by atoms with Crippen LogP contribution in [0.25, 0.3) is 11.4 Å². The van der Waals surface area contributed by atoms with Crippen LogP contribution in [0.1, 0.15) is 70.1 Å². The minimum Gasteiger partial charge on any atom is -0.406 e. The van der Waals surface area contributed by atoms with Crippen LogP contribution < -0.4 is 10.2 Å². The van der Waals surface area contributed by atoms with Gasteiger partial charge in [-0.05, 0) is 62.3 Å². The molecule has 0 saturated carbocycles. The van der Waals surface area contributed by atoms with E-state index in [0.717, 1.165) is 32.1 Å². The molecular formula is C29H39F3N4O8S. The summed E-state index contributed by atoms with van der Waals surface area (Å²) in [7, 11) is -3.98. The number of halogens is 3. The zero-order chi connectivity index (χ0) is 31.9. The molecule has 1 aromatic heterocycles. The first-order valence-corrected chi connectivity index (χ1v) is 16.8. The molecule has 12 nitrogen and oxygen atoms in total. The predicted octanol–water partition coefficient (Wildman–Crippen LogP) is 4.51. The molecule has 16 heteroatoms. The van der Waals surface area contributed by atoms with E-state index in [9.17, 15) is 26.4 Å². The third-order valence-electron chi connectivity index (χ3n) is 8.61. The Hall–Kier alpha value is -2.79. The summed E-state index contributed by atoms with van der Waals surface area (Å²) in [4.78, 5) is 23.1. The lowest BCUT2D eigenvalue weighted by Gasteiger charge is -2.41. The highest BCUT2D eigenvalue weighted by Gasteiger charge is 2.54. The molecular weight excluding hydrogens is 621 g/mol. The summed E-state index contributed by atoms with van der Waals surface area (Å²) < 4.78 is 84.8. The van der Waals surface area contributed by atoms with Gasteiger partial charge in [0.15, 0.2) is 11.0 Å². The Morgan fingerprint density at radius 2 is 1.78 bits per heavy atom. The maximum Gasteiger partial charge on any atom is 0.573 e. The summed E-state index contributed by atoms with van der Waals surface area (Å²) in [6, 6.07) is 5.24. The number of unbranched alkanes of at least 4 members (excludes halogenated alkanes) is 1. The number of benzene rings is 1. The largest absolute Gasteiger partial charge is 0.573 e. The molecule has 3 aliphatic heterocycles. The van der Waals surface area contributed by atoms with E-state index >= 15 is 0 Å². The number of amides is 1. The van der Waals surface area contributed by atoms with Gasteiger partial charge in [-0.25, -0.2) is 23.0 Å². The average Bonchev–Trinajstić information content (AvgIpc) is 3.51. The molecule has 1 unspecified atom stereocenters. The molecule has 3 aliphatic rings. The number of sulfonamides is 1. The van der Waals surface area contributed by atoms with Crippen molar-refractivity contribution in [3.05, 3.63) is 30.2 Å². The zero-order valence-electron chi connectivity index (χ0n) is 24.9. The fourth-order valence-corrected chi connectivity index (χ4v) is 8.14. The number of hydroxylamine groups is 1. The number of aryl methyl sites for hydroxylation is 1. The predicted molar refractivity (Wildman–Crippen MR) is 153 cm³/mol. The molecule has 5 rings (SSSR count). The van der Waals surface area contributed by atoms with Gasteiger partial charge in [-0.15, -0.1) is 13.2 Å². The van der Waals surface area contributed by atoms with Gasteiger partial charge in [0, 0.05) is 64.2 Å². The summed E-state index contributed by atoms with van der Waals surface area (Å²) in [6.07, 6.45) is 1.75. The Labute approximate surface area is 259 Å². The molecule has 45 heavy (non-hydrogen) atoms. The van der Waals surface area contributed by atoms with E-state index in [-0.39, 0.29) is 37.6 Å². The van der Waals surface area contributed by atoms with Crippen molar-refractivity contribution >= 4 is 15.9 Å². The van der Waals surface area contributed by atoms with Crippen molar-refractivity contribution in [1.82, 2.24) is 19.9 Å². The van der Waals surface area contributed by atoms with E-state index < -0.39 is 33.3 Å². The molecule has 2 aromatic rings. The van der Waals surface area contributed by atoms with E-state index in [1.807, 2.05) is 0 Å². The van der Waals surface area contributed by atoms with E-state index in [1.165, 1.54) is 28.6 Å². The number of piperidine rings is 1. The summed E-state index contributed by atoms with van der Waals surface area (Å²) in [6.45, 7) is 1.57. The molecule has 1 amide bonds. The van der Waals surface area contributed by atoms with Gasteiger partial charge in [-0.3, -0.25) is 4.79 Å². The number of ether oxygens (including phenoxy) is 3. The van der Waals surface area contributed by atoms with Gasteiger partial charge in [0.1, 0.15) is 5.75 Å². The first-order chi connectivity index (χ1) is 21.6. The van der Waals surface area contributed by atoms with Crippen LogP contribution in [0, 0.1) is 5.92 Å². The lowest BCUT2D eigenvalue weighted by atomic mass is 9.92. The second-order valence-electron chi connectivity index (χ2n) is 11.6. The summed E-state index contributed by atoms with van der Waals surface area (Å²) in [5.41, 5.74) is 2.91. The number of aromatic nitrogens is 2. The molecule has 1 atom stereocenters. The molecule has 1 aromatic carbocycles. The van der Waals surface area contributed by atoms with Crippen LogP contribution in [-0.2, 0) is 35.5 Å². The molecule has 3 saturated heterocycles. The maximum absolute atomic E-state index is 13.9. The zero-order valence-corrected chi connectivity index (χ0v) is 25.7. The molecule has 4 heterocycles. The topological polar surface area (TPSA) is 142 Å². The monoisotopic (exact) mass is 660 g/mol. The Morgan fingerprint density at radius 3 is 2.44 bits per heavy atom. The number of carbonyl (C=O) groups is 1. The summed E-state index contributed by atoms with van der Waals surface area (Å²) >= 11 is 0. The normalized spacial score (nSPS) is 21.8. The van der Waals surface area contributed by atoms with Gasteiger partial charge >= 0.3 is 6.36 Å². The third kappa shape index (κ3) is 8.52. The van der Waals surface area contributed by atoms with Crippen molar-refractivity contribution in [2.45, 2.75) is 88.0 Å². The number of alkyl halides is 3. The van der Waals surface area contributed by atoms with Crippen molar-refractivity contribution in [1.29, 1.82) is 0 Å². The van der Waals surface area contributed by atoms with Crippen LogP contribution in [0.2, 0.25) is 0 Å². The average molecular weight is 661 g/mol. The number of nitrogens with one attached hydrogen (secondary N) is 1. The Kier molecular flexibility index (Phi) is 11.0. The second kappa shape index (κ2) is 14.8. The van der Waals surface area contributed by atoms with Crippen LogP contribution >= 0.6 is 0 Å². The number of nitrogens with zero attached hydrogens (tertiary/aromatic N) is 3. The van der Waals surface area contributed by atoms with Crippen molar-refractivity contribution in [3.63, 3.8) is 0 Å². The third-order valence-corrected chi connectivity index (χ3v) is 11.2. The maximum atomic E-state index is 13.9. The van der Waals surface area contributed by atoms with Gasteiger partial charge in [-0.1, -0.05) is 18.0 Å². The molecule has 3 fully saturated rings. The number of carbonyl (C=O) groups excluding carboxylic acids is 1. The van der Waals surface area contributed by atoms with Crippen molar-refractivity contribution in [2.24, 2.45) is 5.92 Å². The van der Waals surface area contributed by atoms with Gasteiger partial charge in [0.05, 0.1) is 0 Å². The standard InChI is InChI=1S/C29H39F3N4O8S/c30-29(31,32)42-23-10-8-22(9-11-23)26-33-24(43-34-26)6-2-1-5-21-12-16-36(17-13-21)45(38,39)28(14-19-40-20-15-28)27(37)35-44-25-7-3-4-18-41-25/h8-11,21,25H,1-7,12-20H2,(H,35,37). The minimum atomic E-state index is -4.76. The summed E-state index contributed by atoms with van der Waals surface area (Å²) in [5, 5.41) is 3.92. The van der Waals surface area contributed by atoms with Crippen molar-refractivity contribution in [2.75, 3.05) is 32.9 Å². The molecule has 1 N–H and O–H groups in total. The molecule has 0 spiro atoms. The Morgan fingerprint density at radius 1 is 1.04 bits per heavy atom. The first kappa shape index (κ1) is 33.6. The highest BCUT2D eigenvalue weighted by Crippen LogP contribution is 2.36. The number of hydrogen-bond acceptors (Lipinski definition) is 10. The van der Waals surface area contributed by atoms with Gasteiger partial charge < -0.3 is 18.7 Å². The first-order valence-electron chi connectivity index (χ1n) is 15.4. The van der Waals surface area contributed by atoms with Crippen molar-refractivity contribution in [3.8, 4) is 17.1 Å². The highest BCUT2D eigenvalue weighted by atomic mass is 32.2. The smallest absolute Gasteiger partial charge is 0.406 e. The molecule has 250 valence electrons. The lowest BCUT2D eigenvalue weighted by Crippen LogP contribution is -2.61. The van der Waals surface area contributed by atoms with E-state index in [1.54, 1.807) is 0 Å². The van der Waals surface area contributed by atoms with Crippen LogP contribution in [0.4, 0.5) is 13.2 Å². The Balaban J connectivity index is 1.06. The fourth-order valence-electron chi connectivity index (χ4n) is 5.99. The van der Waals surface area contributed by atoms with Gasteiger partial charge in [0.2, 0.25) is 21.7 Å². The molecule has 0 radical (unpaired) electrons. The lowest BCUT2D eigenvalue weighted by molar-refractivity contribution is -0.274. The van der Waals surface area contributed by atoms with Gasteiger partial charge in [0.25, 0.3) is 5.91 Å². The SMILES string of the molecule is O=C(NOC1CCCCO1)C1(S(=O)(=O)N2CCC(CCCCc3nc(-c4ccc(OC(F)(F)F)cc4)no3)CC2)CCOCC1. The number of hydrogen-bond donors (Lipinski definition) is 1. The number of rotatable bonds is 12. The summed E-state index contributed by atoms with van der Waals surface area (Å²) in [5.74, 6) is 0.0572. The van der Waals surface area contributed by atoms with Crippen LogP contribution in [0.5, 0.6) is 5.75 Å². The molecule has 0 bridgehead atoms. The van der Waals surface area contributed by atoms with E-state index in [4.69, 9.17) is 18.8 Å². The van der Waals surface area contributed by atoms with Crippen LogP contribution in [-0.4, -0.2) is 79.1 Å². The fraction of sp³-hybridized carbons (Fsp3) is 0.690. The van der Waals surface area contributed by atoms with E-state index in [2.05, 4.69) is 20.4 Å². The quantitative estimate of drug-likeness (QED) is 0.255. The van der Waals surface area contributed by atoms with Crippen LogP contribution in [0.15, 0.2) is 28.8 Å². The minimum absolute atomic E-state index is 0.0607. The highest BCUT2D eigenvalue weighted by molar-refractivity contribution is 7.91. The van der Waals surface area contributed by atoms with Crippen molar-refractivity contribution < 1.29 is 50.0 Å². The second-order valence-corrected chi connectivity index (χ2v) is 13.9. The Bertz CT molecular complexity index is 1350. The van der Waals surface area contributed by atoms with E-state index in [0.29, 0.717) is 62.8 Å².